The lowest BCUT2D eigenvalue weighted by atomic mass is 9.99. The van der Waals surface area contributed by atoms with Gasteiger partial charge in [0.1, 0.15) is 5.82 Å². The van der Waals surface area contributed by atoms with Crippen LogP contribution in [0.4, 0.5) is 0 Å². The molecule has 1 atom stereocenters. The van der Waals surface area contributed by atoms with Gasteiger partial charge in [-0.3, -0.25) is 4.79 Å². The lowest BCUT2D eigenvalue weighted by Crippen LogP contribution is -2.39. The summed E-state index contributed by atoms with van der Waals surface area (Å²) in [5.41, 5.74) is 3.04. The normalized spacial score (nSPS) is 19.5. The third-order valence-electron chi connectivity index (χ3n) is 4.03. The number of amides is 1. The van der Waals surface area contributed by atoms with Crippen LogP contribution in [0.15, 0.2) is 18.2 Å². The van der Waals surface area contributed by atoms with Crippen molar-refractivity contribution in [1.82, 2.24) is 14.9 Å². The molecule has 20 heavy (non-hydrogen) atoms. The Bertz CT molecular complexity index is 632. The summed E-state index contributed by atoms with van der Waals surface area (Å²) in [6.45, 7) is 5.98. The van der Waals surface area contributed by atoms with Gasteiger partial charge >= 0.3 is 0 Å². The van der Waals surface area contributed by atoms with E-state index in [0.29, 0.717) is 12.3 Å². The van der Waals surface area contributed by atoms with E-state index in [1.807, 2.05) is 30.0 Å². The zero-order valence-electron chi connectivity index (χ0n) is 12.1. The third-order valence-corrected chi connectivity index (χ3v) is 4.03. The number of H-pyrrole nitrogens is 1. The molecule has 1 N–H and O–H groups in total. The molecule has 4 heteroatoms. The number of piperidine rings is 1. The van der Waals surface area contributed by atoms with Crippen molar-refractivity contribution in [3.05, 3.63) is 29.6 Å². The minimum absolute atomic E-state index is 0.243. The Kier molecular flexibility index (Phi) is 3.47. The maximum atomic E-state index is 12.4. The van der Waals surface area contributed by atoms with Crippen molar-refractivity contribution in [2.24, 2.45) is 5.92 Å². The number of carbonyl (C=O) groups excluding carboxylic acids is 1. The van der Waals surface area contributed by atoms with E-state index in [1.165, 1.54) is 6.42 Å². The maximum absolute atomic E-state index is 12.4. The van der Waals surface area contributed by atoms with Crippen LogP contribution in [0.25, 0.3) is 11.0 Å². The standard InChI is InChI=1S/C16H21N3O/c1-11-4-3-7-19(10-11)16(20)9-13-5-6-14-15(8-13)18-12(2)17-14/h5-6,8,11H,3-4,7,9-10H2,1-2H3,(H,17,18). The molecule has 3 rings (SSSR count). The summed E-state index contributed by atoms with van der Waals surface area (Å²) in [5.74, 6) is 1.78. The van der Waals surface area contributed by atoms with E-state index >= 15 is 0 Å². The number of aromatic amines is 1. The van der Waals surface area contributed by atoms with Gasteiger partial charge in [0.2, 0.25) is 5.91 Å². The van der Waals surface area contributed by atoms with Crippen LogP contribution in [0.5, 0.6) is 0 Å². The zero-order chi connectivity index (χ0) is 14.1. The molecule has 0 spiro atoms. The van der Waals surface area contributed by atoms with Gasteiger partial charge in [0.15, 0.2) is 0 Å². The van der Waals surface area contributed by atoms with Gasteiger partial charge in [-0.05, 0) is 43.4 Å². The third kappa shape index (κ3) is 2.69. The Balaban J connectivity index is 1.73. The number of carbonyl (C=O) groups is 1. The van der Waals surface area contributed by atoms with Gasteiger partial charge in [-0.15, -0.1) is 0 Å². The van der Waals surface area contributed by atoms with Gasteiger partial charge in [-0.1, -0.05) is 13.0 Å². The minimum atomic E-state index is 0.243. The van der Waals surface area contributed by atoms with E-state index in [2.05, 4.69) is 16.9 Å². The van der Waals surface area contributed by atoms with Crippen molar-refractivity contribution in [1.29, 1.82) is 0 Å². The van der Waals surface area contributed by atoms with Crippen LogP contribution in [0, 0.1) is 12.8 Å². The Hall–Kier alpha value is -1.84. The Morgan fingerprint density at radius 1 is 1.50 bits per heavy atom. The second-order valence-corrected chi connectivity index (χ2v) is 5.94. The number of nitrogens with zero attached hydrogens (tertiary/aromatic N) is 2. The molecular weight excluding hydrogens is 250 g/mol. The molecule has 1 aromatic heterocycles. The van der Waals surface area contributed by atoms with Crippen LogP contribution < -0.4 is 0 Å². The summed E-state index contributed by atoms with van der Waals surface area (Å²) in [7, 11) is 0. The van der Waals surface area contributed by atoms with E-state index < -0.39 is 0 Å². The summed E-state index contributed by atoms with van der Waals surface area (Å²) in [4.78, 5) is 22.0. The number of nitrogens with one attached hydrogen (secondary N) is 1. The monoisotopic (exact) mass is 271 g/mol. The maximum Gasteiger partial charge on any atom is 0.226 e. The van der Waals surface area contributed by atoms with Gasteiger partial charge in [0.05, 0.1) is 17.5 Å². The largest absolute Gasteiger partial charge is 0.342 e. The highest BCUT2D eigenvalue weighted by Gasteiger charge is 2.20. The topological polar surface area (TPSA) is 49.0 Å². The highest BCUT2D eigenvalue weighted by atomic mass is 16.2. The predicted octanol–water partition coefficient (Wildman–Crippen LogP) is 2.67. The van der Waals surface area contributed by atoms with Gasteiger partial charge in [-0.2, -0.15) is 0 Å². The van der Waals surface area contributed by atoms with Crippen LogP contribution in [-0.4, -0.2) is 33.9 Å². The second-order valence-electron chi connectivity index (χ2n) is 5.94. The molecule has 2 heterocycles. The molecule has 4 nitrogen and oxygen atoms in total. The van der Waals surface area contributed by atoms with E-state index in [-0.39, 0.29) is 5.91 Å². The first kappa shape index (κ1) is 13.2. The van der Waals surface area contributed by atoms with Gasteiger partial charge in [0, 0.05) is 13.1 Å². The number of imidazole rings is 1. The molecule has 1 aliphatic heterocycles. The van der Waals surface area contributed by atoms with Crippen molar-refractivity contribution in [2.45, 2.75) is 33.1 Å². The molecule has 1 saturated heterocycles. The van der Waals surface area contributed by atoms with E-state index in [0.717, 1.165) is 41.9 Å². The number of fused-ring (bicyclic) bond motifs is 1. The fraction of sp³-hybridized carbons (Fsp3) is 0.500. The van der Waals surface area contributed by atoms with Gasteiger partial charge in [0.25, 0.3) is 0 Å². The van der Waals surface area contributed by atoms with Crippen molar-refractivity contribution in [3.8, 4) is 0 Å². The van der Waals surface area contributed by atoms with Gasteiger partial charge < -0.3 is 9.88 Å². The summed E-state index contributed by atoms with van der Waals surface area (Å²) in [6, 6.07) is 6.04. The summed E-state index contributed by atoms with van der Waals surface area (Å²) < 4.78 is 0. The summed E-state index contributed by atoms with van der Waals surface area (Å²) in [6.07, 6.45) is 2.86. The van der Waals surface area contributed by atoms with E-state index in [4.69, 9.17) is 0 Å². The van der Waals surface area contributed by atoms with Crippen molar-refractivity contribution >= 4 is 16.9 Å². The van der Waals surface area contributed by atoms with E-state index in [9.17, 15) is 4.79 Å². The van der Waals surface area contributed by atoms with Crippen molar-refractivity contribution in [2.75, 3.05) is 13.1 Å². The van der Waals surface area contributed by atoms with Crippen LogP contribution in [-0.2, 0) is 11.2 Å². The Labute approximate surface area is 119 Å². The lowest BCUT2D eigenvalue weighted by Gasteiger charge is -2.31. The van der Waals surface area contributed by atoms with Crippen LogP contribution in [0.3, 0.4) is 0 Å². The van der Waals surface area contributed by atoms with E-state index in [1.54, 1.807) is 0 Å². The molecule has 1 aromatic carbocycles. The molecule has 2 aromatic rings. The molecule has 0 bridgehead atoms. The molecular formula is C16H21N3O. The quantitative estimate of drug-likeness (QED) is 0.913. The molecule has 0 radical (unpaired) electrons. The average molecular weight is 271 g/mol. The first-order valence-corrected chi connectivity index (χ1v) is 7.35. The highest BCUT2D eigenvalue weighted by Crippen LogP contribution is 2.18. The minimum Gasteiger partial charge on any atom is -0.342 e. The number of hydrogen-bond donors (Lipinski definition) is 1. The Morgan fingerprint density at radius 2 is 2.35 bits per heavy atom. The molecule has 1 amide bonds. The Morgan fingerprint density at radius 3 is 3.15 bits per heavy atom. The number of aromatic nitrogens is 2. The first-order valence-electron chi connectivity index (χ1n) is 7.35. The molecule has 0 saturated carbocycles. The van der Waals surface area contributed by atoms with Crippen LogP contribution >= 0.6 is 0 Å². The predicted molar refractivity (Wildman–Crippen MR) is 79.5 cm³/mol. The van der Waals surface area contributed by atoms with Crippen molar-refractivity contribution in [3.63, 3.8) is 0 Å². The number of benzene rings is 1. The zero-order valence-corrected chi connectivity index (χ0v) is 12.1. The number of hydrogen-bond acceptors (Lipinski definition) is 2. The summed E-state index contributed by atoms with van der Waals surface area (Å²) >= 11 is 0. The highest BCUT2D eigenvalue weighted by molar-refractivity contribution is 5.82. The lowest BCUT2D eigenvalue weighted by molar-refractivity contribution is -0.132. The summed E-state index contributed by atoms with van der Waals surface area (Å²) in [5, 5.41) is 0. The van der Waals surface area contributed by atoms with Crippen molar-refractivity contribution < 1.29 is 4.79 Å². The SMILES string of the molecule is Cc1nc2ccc(CC(=O)N3CCCC(C)C3)cc2[nH]1. The molecule has 0 aliphatic carbocycles. The van der Waals surface area contributed by atoms with Crippen LogP contribution in [0.2, 0.25) is 0 Å². The smallest absolute Gasteiger partial charge is 0.226 e. The molecule has 1 unspecified atom stereocenters. The van der Waals surface area contributed by atoms with Gasteiger partial charge in [-0.25, -0.2) is 4.98 Å². The first-order chi connectivity index (χ1) is 9.61. The number of likely N-dealkylation sites (tertiary alicyclic amines) is 1. The molecule has 1 fully saturated rings. The number of rotatable bonds is 2. The fourth-order valence-corrected chi connectivity index (χ4v) is 3.00. The number of aryl methyl sites for hydroxylation is 1. The fourth-order valence-electron chi connectivity index (χ4n) is 3.00. The van der Waals surface area contributed by atoms with Crippen LogP contribution in [0.1, 0.15) is 31.2 Å². The second kappa shape index (κ2) is 5.27. The molecule has 106 valence electrons. The molecule has 1 aliphatic rings. The average Bonchev–Trinajstić information content (AvgIpc) is 2.78.